The van der Waals surface area contributed by atoms with Crippen LogP contribution < -0.4 is 25.3 Å². The number of ether oxygens (including phenoxy) is 3. The van der Waals surface area contributed by atoms with Crippen molar-refractivity contribution in [1.82, 2.24) is 5.32 Å². The van der Waals surface area contributed by atoms with Gasteiger partial charge in [-0.25, -0.2) is 0 Å². The Bertz CT molecular complexity index is 718. The van der Waals surface area contributed by atoms with E-state index in [2.05, 4.69) is 5.32 Å². The van der Waals surface area contributed by atoms with Crippen LogP contribution in [0, 0.1) is 0 Å². The molecule has 0 aliphatic carbocycles. The van der Waals surface area contributed by atoms with Gasteiger partial charge in [0.1, 0.15) is 36.6 Å². The fourth-order valence-electron chi connectivity index (χ4n) is 2.18. The molecule has 0 aliphatic rings. The van der Waals surface area contributed by atoms with Crippen molar-refractivity contribution in [1.29, 1.82) is 0 Å². The summed E-state index contributed by atoms with van der Waals surface area (Å²) in [5.41, 5.74) is 6.71. The molecule has 2 aromatic rings. The number of nitrogens with one attached hydrogen (secondary N) is 1. The molecule has 4 N–H and O–H groups in total. The Morgan fingerprint density at radius 3 is 2.46 bits per heavy atom. The van der Waals surface area contributed by atoms with Gasteiger partial charge in [0.25, 0.3) is 5.91 Å². The monoisotopic (exact) mass is 360 g/mol. The van der Waals surface area contributed by atoms with Gasteiger partial charge in [-0.05, 0) is 29.8 Å². The zero-order chi connectivity index (χ0) is 18.9. The largest absolute Gasteiger partial charge is 0.497 e. The Labute approximate surface area is 152 Å². The van der Waals surface area contributed by atoms with E-state index in [1.54, 1.807) is 25.3 Å². The molecular formula is C19H24N2O5. The number of aliphatic hydroxyl groups is 1. The molecule has 0 saturated heterocycles. The van der Waals surface area contributed by atoms with E-state index in [1.807, 2.05) is 24.3 Å². The molecule has 0 heterocycles. The summed E-state index contributed by atoms with van der Waals surface area (Å²) in [7, 11) is 3.15. The van der Waals surface area contributed by atoms with E-state index in [-0.39, 0.29) is 19.1 Å². The highest BCUT2D eigenvalue weighted by atomic mass is 16.5. The lowest BCUT2D eigenvalue weighted by Gasteiger charge is -2.15. The zero-order valence-electron chi connectivity index (χ0n) is 14.9. The Morgan fingerprint density at radius 2 is 1.85 bits per heavy atom. The van der Waals surface area contributed by atoms with Crippen LogP contribution in [0.4, 0.5) is 0 Å². The maximum atomic E-state index is 12.0. The normalized spacial score (nSPS) is 11.5. The lowest BCUT2D eigenvalue weighted by Crippen LogP contribution is -2.27. The maximum absolute atomic E-state index is 12.0. The van der Waals surface area contributed by atoms with Crippen molar-refractivity contribution < 1.29 is 24.1 Å². The number of aliphatic hydroxyl groups excluding tert-OH is 1. The van der Waals surface area contributed by atoms with Gasteiger partial charge in [0, 0.05) is 19.7 Å². The average Bonchev–Trinajstić information content (AvgIpc) is 2.70. The van der Waals surface area contributed by atoms with E-state index in [4.69, 9.17) is 19.9 Å². The van der Waals surface area contributed by atoms with E-state index in [0.717, 1.165) is 11.3 Å². The number of nitrogens with two attached hydrogens (primary N) is 1. The molecule has 7 nitrogen and oxygen atoms in total. The topological polar surface area (TPSA) is 103 Å². The van der Waals surface area contributed by atoms with Crippen molar-refractivity contribution in [2.75, 3.05) is 27.3 Å². The van der Waals surface area contributed by atoms with Gasteiger partial charge in [0.2, 0.25) is 0 Å². The molecule has 0 aliphatic heterocycles. The smallest absolute Gasteiger partial charge is 0.254 e. The van der Waals surface area contributed by atoms with Crippen LogP contribution in [-0.2, 0) is 6.61 Å². The van der Waals surface area contributed by atoms with Crippen molar-refractivity contribution in [3.63, 3.8) is 0 Å². The van der Waals surface area contributed by atoms with Gasteiger partial charge in [-0.15, -0.1) is 0 Å². The lowest BCUT2D eigenvalue weighted by molar-refractivity contribution is 0.0942. The van der Waals surface area contributed by atoms with Crippen LogP contribution in [0.3, 0.4) is 0 Å². The van der Waals surface area contributed by atoms with Crippen LogP contribution >= 0.6 is 0 Å². The number of rotatable bonds is 9. The Kier molecular flexibility index (Phi) is 7.25. The molecule has 0 fully saturated rings. The first kappa shape index (κ1) is 19.6. The molecular weight excluding hydrogens is 336 g/mol. The van der Waals surface area contributed by atoms with Gasteiger partial charge in [0.05, 0.1) is 12.7 Å². The maximum Gasteiger partial charge on any atom is 0.254 e. The molecule has 0 spiro atoms. The Morgan fingerprint density at radius 1 is 1.15 bits per heavy atom. The SMILES string of the molecule is CNC(=O)c1ccc(OCc2ccc(OC)cc2)cc1OC[C@@H](O)CN. The van der Waals surface area contributed by atoms with E-state index in [9.17, 15) is 9.90 Å². The summed E-state index contributed by atoms with van der Waals surface area (Å²) in [6, 6.07) is 12.5. The van der Waals surface area contributed by atoms with E-state index in [1.165, 1.54) is 7.05 Å². The van der Waals surface area contributed by atoms with Crippen molar-refractivity contribution in [3.8, 4) is 17.2 Å². The van der Waals surface area contributed by atoms with Crippen LogP contribution in [0.5, 0.6) is 17.2 Å². The first-order valence-corrected chi connectivity index (χ1v) is 8.20. The summed E-state index contributed by atoms with van der Waals surface area (Å²) in [5, 5.41) is 12.1. The standard InChI is InChI=1S/C19H24N2O5/c1-21-19(23)17-8-7-16(9-18(17)26-12-14(22)10-20)25-11-13-3-5-15(24-2)6-4-13/h3-9,14,22H,10-12,20H2,1-2H3,(H,21,23)/t14-/m0/s1. The molecule has 1 atom stereocenters. The quantitative estimate of drug-likeness (QED) is 0.623. The first-order chi connectivity index (χ1) is 12.6. The van der Waals surface area contributed by atoms with Crippen molar-refractivity contribution in [2.45, 2.75) is 12.7 Å². The molecule has 2 rings (SSSR count). The third kappa shape index (κ3) is 5.37. The molecule has 1 amide bonds. The first-order valence-electron chi connectivity index (χ1n) is 8.20. The lowest BCUT2D eigenvalue weighted by atomic mass is 10.1. The molecule has 0 radical (unpaired) electrons. The number of carbonyl (C=O) groups is 1. The highest BCUT2D eigenvalue weighted by Crippen LogP contribution is 2.26. The van der Waals surface area contributed by atoms with Crippen molar-refractivity contribution in [2.24, 2.45) is 5.73 Å². The van der Waals surface area contributed by atoms with Gasteiger partial charge in [-0.1, -0.05) is 12.1 Å². The molecule has 0 bridgehead atoms. The zero-order valence-corrected chi connectivity index (χ0v) is 14.9. The van der Waals surface area contributed by atoms with Crippen LogP contribution in [0.15, 0.2) is 42.5 Å². The highest BCUT2D eigenvalue weighted by molar-refractivity contribution is 5.96. The molecule has 7 heteroatoms. The fourth-order valence-corrected chi connectivity index (χ4v) is 2.18. The van der Waals surface area contributed by atoms with Gasteiger partial charge in [-0.3, -0.25) is 4.79 Å². The number of hydrogen-bond donors (Lipinski definition) is 3. The minimum Gasteiger partial charge on any atom is -0.497 e. The van der Waals surface area contributed by atoms with Crippen LogP contribution in [-0.4, -0.2) is 44.4 Å². The van der Waals surface area contributed by atoms with Crippen LogP contribution in [0.2, 0.25) is 0 Å². The van der Waals surface area contributed by atoms with Crippen LogP contribution in [0.1, 0.15) is 15.9 Å². The van der Waals surface area contributed by atoms with Gasteiger partial charge in [-0.2, -0.15) is 0 Å². The van der Waals surface area contributed by atoms with Gasteiger partial charge >= 0.3 is 0 Å². The number of benzene rings is 2. The molecule has 26 heavy (non-hydrogen) atoms. The minimum absolute atomic E-state index is 0.0115. The van der Waals surface area contributed by atoms with Gasteiger partial charge in [0.15, 0.2) is 0 Å². The molecule has 0 saturated carbocycles. The van der Waals surface area contributed by atoms with Crippen LogP contribution in [0.25, 0.3) is 0 Å². The fraction of sp³-hybridized carbons (Fsp3) is 0.316. The Balaban J connectivity index is 2.10. The third-order valence-corrected chi connectivity index (χ3v) is 3.69. The number of carbonyl (C=O) groups excluding carboxylic acids is 1. The predicted molar refractivity (Wildman–Crippen MR) is 97.7 cm³/mol. The third-order valence-electron chi connectivity index (χ3n) is 3.69. The second-order valence-electron chi connectivity index (χ2n) is 5.57. The molecule has 0 aromatic heterocycles. The number of methoxy groups -OCH3 is 1. The van der Waals surface area contributed by atoms with E-state index >= 15 is 0 Å². The highest BCUT2D eigenvalue weighted by Gasteiger charge is 2.14. The predicted octanol–water partition coefficient (Wildman–Crippen LogP) is 1.33. The second-order valence-corrected chi connectivity index (χ2v) is 5.57. The van der Waals surface area contributed by atoms with Crippen molar-refractivity contribution >= 4 is 5.91 Å². The summed E-state index contributed by atoms with van der Waals surface area (Å²) in [6.45, 7) is 0.416. The number of hydrogen-bond acceptors (Lipinski definition) is 6. The molecule has 140 valence electrons. The van der Waals surface area contributed by atoms with E-state index in [0.29, 0.717) is 23.7 Å². The average molecular weight is 360 g/mol. The molecule has 0 unspecified atom stereocenters. The molecule has 2 aromatic carbocycles. The number of amides is 1. The van der Waals surface area contributed by atoms with Gasteiger partial charge < -0.3 is 30.4 Å². The minimum atomic E-state index is -0.809. The summed E-state index contributed by atoms with van der Waals surface area (Å²) in [4.78, 5) is 12.0. The van der Waals surface area contributed by atoms with E-state index < -0.39 is 6.10 Å². The second kappa shape index (κ2) is 9.65. The summed E-state index contributed by atoms with van der Waals surface area (Å²) in [6.07, 6.45) is -0.809. The summed E-state index contributed by atoms with van der Waals surface area (Å²) in [5.74, 6) is 1.36. The summed E-state index contributed by atoms with van der Waals surface area (Å²) < 4.78 is 16.4. The van der Waals surface area contributed by atoms with Crippen molar-refractivity contribution in [3.05, 3.63) is 53.6 Å². The Hall–Kier alpha value is -2.77. The summed E-state index contributed by atoms with van der Waals surface area (Å²) >= 11 is 0.